The third-order valence-corrected chi connectivity index (χ3v) is 6.85. The highest BCUT2D eigenvalue weighted by Gasteiger charge is 2.60. The maximum Gasteiger partial charge on any atom is 0.391 e. The van der Waals surface area contributed by atoms with Crippen molar-refractivity contribution in [3.05, 3.63) is 23.3 Å². The molecule has 2 atom stereocenters. The third-order valence-electron chi connectivity index (χ3n) is 6.85. The zero-order valence-corrected chi connectivity index (χ0v) is 16.0. The molecule has 4 rings (SSSR count). The molecule has 1 aromatic carbocycles. The fourth-order valence-electron chi connectivity index (χ4n) is 5.12. The first-order chi connectivity index (χ1) is 13.3. The number of carbonyl (C=O) groups excluding carboxylic acids is 1. The van der Waals surface area contributed by atoms with Crippen LogP contribution in [0.5, 0.6) is 0 Å². The highest BCUT2D eigenvalue weighted by molar-refractivity contribution is 5.99. The van der Waals surface area contributed by atoms with Gasteiger partial charge in [-0.3, -0.25) is 4.79 Å². The number of halogens is 3. The van der Waals surface area contributed by atoms with E-state index in [1.165, 1.54) is 0 Å². The topological polar surface area (TPSA) is 79.2 Å². The number of nitrogens with two attached hydrogens (primary N) is 1. The molecule has 1 aliphatic heterocycles. The molecule has 1 heterocycles. The first-order valence-corrected chi connectivity index (χ1v) is 9.95. The number of amides is 1. The molecule has 0 aromatic heterocycles. The monoisotopic (exact) mass is 396 g/mol. The first kappa shape index (κ1) is 19.4. The van der Waals surface area contributed by atoms with Gasteiger partial charge in [0.15, 0.2) is 0 Å². The van der Waals surface area contributed by atoms with Gasteiger partial charge in [0.1, 0.15) is 0 Å². The smallest absolute Gasteiger partial charge is 0.391 e. The molecule has 28 heavy (non-hydrogen) atoms. The highest BCUT2D eigenvalue weighted by Crippen LogP contribution is 2.59. The van der Waals surface area contributed by atoms with Gasteiger partial charge >= 0.3 is 6.18 Å². The molecule has 2 aliphatic carbocycles. The summed E-state index contributed by atoms with van der Waals surface area (Å²) in [5, 5.41) is 9.42. The highest BCUT2D eigenvalue weighted by atomic mass is 19.4. The van der Waals surface area contributed by atoms with Crippen molar-refractivity contribution < 1.29 is 18.0 Å². The summed E-state index contributed by atoms with van der Waals surface area (Å²) in [4.78, 5) is 13.1. The Kier molecular flexibility index (Phi) is 4.72. The summed E-state index contributed by atoms with van der Waals surface area (Å²) >= 11 is 0. The lowest BCUT2D eigenvalue weighted by atomic mass is 9.84. The predicted octanol–water partition coefficient (Wildman–Crippen LogP) is 3.02. The molecular weight excluding hydrogens is 369 g/mol. The summed E-state index contributed by atoms with van der Waals surface area (Å²) in [6, 6.07) is 3.36. The summed E-state index contributed by atoms with van der Waals surface area (Å²) < 4.78 is 38.6. The minimum atomic E-state index is -4.14. The molecule has 0 radical (unpaired) electrons. The van der Waals surface area contributed by atoms with Crippen LogP contribution < -0.4 is 21.7 Å². The second-order valence-corrected chi connectivity index (χ2v) is 8.45. The van der Waals surface area contributed by atoms with Gasteiger partial charge in [0.25, 0.3) is 5.91 Å². The van der Waals surface area contributed by atoms with Crippen molar-refractivity contribution >= 4 is 17.3 Å². The fourth-order valence-corrected chi connectivity index (χ4v) is 5.12. The minimum Gasteiger partial charge on any atom is -0.397 e. The Morgan fingerprint density at radius 1 is 1.25 bits per heavy atom. The van der Waals surface area contributed by atoms with Crippen molar-refractivity contribution in [2.75, 3.05) is 31.2 Å². The summed E-state index contributed by atoms with van der Waals surface area (Å²) in [5.74, 6) is -1.00. The van der Waals surface area contributed by atoms with E-state index in [2.05, 4.69) is 16.0 Å². The molecule has 3 aliphatic rings. The van der Waals surface area contributed by atoms with Crippen LogP contribution in [-0.4, -0.2) is 38.3 Å². The number of alkyl halides is 3. The molecule has 5 nitrogen and oxygen atoms in total. The number of carbonyl (C=O) groups is 1. The molecule has 1 aromatic rings. The number of hydrogen-bond donors (Lipinski definition) is 4. The Hall–Kier alpha value is -1.96. The second-order valence-electron chi connectivity index (χ2n) is 8.45. The molecule has 3 fully saturated rings. The van der Waals surface area contributed by atoms with Crippen molar-refractivity contribution in [3.8, 4) is 0 Å². The van der Waals surface area contributed by atoms with E-state index < -0.39 is 12.1 Å². The maximum atomic E-state index is 13.1. The number of anilines is 2. The summed E-state index contributed by atoms with van der Waals surface area (Å²) in [6.07, 6.45) is -2.30. The van der Waals surface area contributed by atoms with Gasteiger partial charge < -0.3 is 21.7 Å². The quantitative estimate of drug-likeness (QED) is 0.590. The van der Waals surface area contributed by atoms with E-state index in [0.717, 1.165) is 30.8 Å². The Morgan fingerprint density at radius 2 is 1.96 bits per heavy atom. The Bertz CT molecular complexity index is 773. The summed E-state index contributed by atoms with van der Waals surface area (Å²) in [6.45, 7) is 1.72. The normalized spacial score (nSPS) is 31.9. The van der Waals surface area contributed by atoms with E-state index in [9.17, 15) is 18.0 Å². The van der Waals surface area contributed by atoms with Gasteiger partial charge in [-0.25, -0.2) is 0 Å². The molecule has 8 heteroatoms. The van der Waals surface area contributed by atoms with E-state index >= 15 is 0 Å². The lowest BCUT2D eigenvalue weighted by Gasteiger charge is -2.31. The zero-order chi connectivity index (χ0) is 20.1. The maximum absolute atomic E-state index is 13.1. The summed E-state index contributed by atoms with van der Waals surface area (Å²) in [5.41, 5.74) is 9.16. The van der Waals surface area contributed by atoms with Crippen LogP contribution in [0.3, 0.4) is 0 Å². The van der Waals surface area contributed by atoms with Crippen LogP contribution in [0.1, 0.15) is 48.0 Å². The molecule has 154 valence electrons. The summed E-state index contributed by atoms with van der Waals surface area (Å²) in [7, 11) is 1.79. The Balaban J connectivity index is 1.53. The molecule has 1 amide bonds. The van der Waals surface area contributed by atoms with Gasteiger partial charge in [-0.2, -0.15) is 13.2 Å². The first-order valence-electron chi connectivity index (χ1n) is 9.95. The zero-order valence-electron chi connectivity index (χ0n) is 16.0. The van der Waals surface area contributed by atoms with Crippen LogP contribution in [0, 0.1) is 11.8 Å². The minimum absolute atomic E-state index is 0.0675. The predicted molar refractivity (Wildman–Crippen MR) is 102 cm³/mol. The fraction of sp³-hybridized carbons (Fsp3) is 0.650. The van der Waals surface area contributed by atoms with Crippen molar-refractivity contribution in [2.45, 2.75) is 49.7 Å². The SMILES string of the molecule is CNc1ccc(C(=O)NC2CCC(C(F)(F)F)CC2)c(C23CNCC2C3)c1N. The lowest BCUT2D eigenvalue weighted by molar-refractivity contribution is -0.182. The van der Waals surface area contributed by atoms with Gasteiger partial charge in [-0.15, -0.1) is 0 Å². The van der Waals surface area contributed by atoms with Crippen molar-refractivity contribution in [1.29, 1.82) is 0 Å². The van der Waals surface area contributed by atoms with Crippen LogP contribution in [0.2, 0.25) is 0 Å². The number of nitrogen functional groups attached to an aromatic ring is 1. The number of nitrogens with one attached hydrogen (secondary N) is 3. The molecule has 2 unspecified atom stereocenters. The van der Waals surface area contributed by atoms with Crippen LogP contribution in [-0.2, 0) is 5.41 Å². The molecule has 2 saturated carbocycles. The number of benzene rings is 1. The molecule has 0 spiro atoms. The lowest BCUT2D eigenvalue weighted by Crippen LogP contribution is -2.40. The molecular formula is C20H27F3N4O. The van der Waals surface area contributed by atoms with E-state index in [0.29, 0.717) is 30.0 Å². The van der Waals surface area contributed by atoms with E-state index in [4.69, 9.17) is 5.73 Å². The van der Waals surface area contributed by atoms with Crippen LogP contribution >= 0.6 is 0 Å². The van der Waals surface area contributed by atoms with Gasteiger partial charge in [-0.05, 0) is 62.3 Å². The average Bonchev–Trinajstić information content (AvgIpc) is 3.21. The van der Waals surface area contributed by atoms with Crippen molar-refractivity contribution in [2.24, 2.45) is 11.8 Å². The van der Waals surface area contributed by atoms with Crippen molar-refractivity contribution in [1.82, 2.24) is 10.6 Å². The largest absolute Gasteiger partial charge is 0.397 e. The van der Waals surface area contributed by atoms with Gasteiger partial charge in [0, 0.05) is 30.6 Å². The third kappa shape index (κ3) is 3.21. The molecule has 5 N–H and O–H groups in total. The molecule has 1 saturated heterocycles. The van der Waals surface area contributed by atoms with Gasteiger partial charge in [0.2, 0.25) is 0 Å². The number of fused-ring (bicyclic) bond motifs is 1. The number of hydrogen-bond acceptors (Lipinski definition) is 4. The molecule has 0 bridgehead atoms. The van der Waals surface area contributed by atoms with E-state index in [1.807, 2.05) is 0 Å². The Labute approximate surface area is 162 Å². The standard InChI is InChI=1S/C20H27F3N4O/c1-25-15-7-6-14(16(17(15)24)19-8-12(19)9-26-10-19)18(28)27-13-4-2-11(3-5-13)20(21,22)23/h6-7,11-13,25-26H,2-5,8-10,24H2,1H3,(H,27,28). The van der Waals surface area contributed by atoms with Crippen LogP contribution in [0.4, 0.5) is 24.5 Å². The number of rotatable bonds is 4. The van der Waals surface area contributed by atoms with Gasteiger partial charge in [0.05, 0.1) is 17.3 Å². The average molecular weight is 396 g/mol. The van der Waals surface area contributed by atoms with Gasteiger partial charge in [-0.1, -0.05) is 0 Å². The van der Waals surface area contributed by atoms with Crippen molar-refractivity contribution in [3.63, 3.8) is 0 Å². The van der Waals surface area contributed by atoms with Crippen LogP contribution in [0.25, 0.3) is 0 Å². The second kappa shape index (κ2) is 6.83. The van der Waals surface area contributed by atoms with E-state index in [-0.39, 0.29) is 30.2 Å². The van der Waals surface area contributed by atoms with E-state index in [1.54, 1.807) is 19.2 Å². The van der Waals surface area contributed by atoms with Crippen LogP contribution in [0.15, 0.2) is 12.1 Å². The number of piperidine rings is 1. The Morgan fingerprint density at radius 3 is 2.50 bits per heavy atom.